The smallest absolute Gasteiger partial charge is 0.321 e. The number of aromatic nitrogens is 2. The highest BCUT2D eigenvalue weighted by Gasteiger charge is 2.25. The molecule has 0 aliphatic carbocycles. The van der Waals surface area contributed by atoms with Crippen LogP contribution < -0.4 is 5.32 Å². The highest BCUT2D eigenvalue weighted by molar-refractivity contribution is 5.66. The second kappa shape index (κ2) is 6.21. The van der Waals surface area contributed by atoms with Gasteiger partial charge in [0.15, 0.2) is 5.82 Å². The van der Waals surface area contributed by atoms with Crippen LogP contribution in [0.1, 0.15) is 51.3 Å². The van der Waals surface area contributed by atoms with Gasteiger partial charge in [-0.15, -0.1) is 0 Å². The molecule has 2 heterocycles. The van der Waals surface area contributed by atoms with E-state index in [-0.39, 0.29) is 12.3 Å². The van der Waals surface area contributed by atoms with Crippen LogP contribution in [0.5, 0.6) is 0 Å². The van der Waals surface area contributed by atoms with E-state index >= 15 is 0 Å². The molecule has 20 heavy (non-hydrogen) atoms. The van der Waals surface area contributed by atoms with Crippen molar-refractivity contribution in [2.75, 3.05) is 18.5 Å². The summed E-state index contributed by atoms with van der Waals surface area (Å²) in [6.45, 7) is 5.28. The molecule has 0 aromatic carbocycles. The van der Waals surface area contributed by atoms with Crippen LogP contribution in [-0.2, 0) is 9.53 Å². The van der Waals surface area contributed by atoms with E-state index in [1.807, 2.05) is 13.8 Å². The van der Waals surface area contributed by atoms with Crippen molar-refractivity contribution in [3.05, 3.63) is 5.82 Å². The second-order valence-corrected chi connectivity index (χ2v) is 5.75. The summed E-state index contributed by atoms with van der Waals surface area (Å²) < 4.78 is 10.5. The number of carbonyl (C=O) groups is 1. The van der Waals surface area contributed by atoms with Crippen LogP contribution in [0.15, 0.2) is 4.52 Å². The van der Waals surface area contributed by atoms with Crippen LogP contribution in [0, 0.1) is 0 Å². The summed E-state index contributed by atoms with van der Waals surface area (Å²) in [5.41, 5.74) is -0.405. The van der Waals surface area contributed by atoms with Crippen molar-refractivity contribution in [2.24, 2.45) is 0 Å². The predicted molar refractivity (Wildman–Crippen MR) is 71.7 cm³/mol. The molecular weight excluding hydrogens is 262 g/mol. The van der Waals surface area contributed by atoms with Gasteiger partial charge in [-0.1, -0.05) is 5.16 Å². The summed E-state index contributed by atoms with van der Waals surface area (Å²) in [6.07, 6.45) is 2.39. The van der Waals surface area contributed by atoms with Crippen molar-refractivity contribution < 1.29 is 19.2 Å². The summed E-state index contributed by atoms with van der Waals surface area (Å²) >= 11 is 0. The lowest BCUT2D eigenvalue weighted by Gasteiger charge is -2.24. The molecule has 2 N–H and O–H groups in total. The average molecular weight is 283 g/mol. The number of hydrogen-bond donors (Lipinski definition) is 2. The van der Waals surface area contributed by atoms with Gasteiger partial charge in [0.05, 0.1) is 0 Å². The van der Waals surface area contributed by atoms with Crippen molar-refractivity contribution in [2.45, 2.75) is 51.0 Å². The first-order valence-electron chi connectivity index (χ1n) is 6.87. The van der Waals surface area contributed by atoms with Crippen LogP contribution in [-0.4, -0.2) is 40.0 Å². The number of aliphatic carboxylic acids is 1. The van der Waals surface area contributed by atoms with Crippen molar-refractivity contribution in [1.29, 1.82) is 0 Å². The molecule has 7 heteroatoms. The van der Waals surface area contributed by atoms with Gasteiger partial charge in [0.2, 0.25) is 0 Å². The molecule has 0 spiro atoms. The largest absolute Gasteiger partial charge is 0.481 e. The van der Waals surface area contributed by atoms with Gasteiger partial charge in [-0.3, -0.25) is 4.79 Å². The van der Waals surface area contributed by atoms with Gasteiger partial charge >= 0.3 is 12.0 Å². The molecule has 1 aliphatic heterocycles. The minimum absolute atomic E-state index is 0.0982. The molecule has 1 aromatic heterocycles. The fraction of sp³-hybridized carbons (Fsp3) is 0.769. The monoisotopic (exact) mass is 283 g/mol. The lowest BCUT2D eigenvalue weighted by Crippen LogP contribution is -2.31. The Bertz CT molecular complexity index is 452. The molecule has 1 aliphatic rings. The maximum atomic E-state index is 10.6. The number of carboxylic acids is 1. The Morgan fingerprint density at radius 2 is 2.15 bits per heavy atom. The number of nitrogens with one attached hydrogen (secondary N) is 1. The highest BCUT2D eigenvalue weighted by Crippen LogP contribution is 2.26. The number of carboxylic acid groups (broad SMARTS) is 1. The SMILES string of the molecule is CC(C)(CCC(=O)O)Nc1nc(C2CCOCC2)no1. The Morgan fingerprint density at radius 1 is 1.45 bits per heavy atom. The minimum atomic E-state index is -0.812. The van der Waals surface area contributed by atoms with Crippen LogP contribution in [0.2, 0.25) is 0 Å². The average Bonchev–Trinajstić information content (AvgIpc) is 2.85. The summed E-state index contributed by atoms with van der Waals surface area (Å²) in [7, 11) is 0. The van der Waals surface area contributed by atoms with Crippen LogP contribution in [0.4, 0.5) is 6.01 Å². The first-order chi connectivity index (χ1) is 9.46. The first-order valence-corrected chi connectivity index (χ1v) is 6.87. The topological polar surface area (TPSA) is 97.5 Å². The summed E-state index contributed by atoms with van der Waals surface area (Å²) in [5.74, 6) is 0.170. The molecule has 1 fully saturated rings. The Kier molecular flexibility index (Phi) is 4.59. The van der Waals surface area contributed by atoms with E-state index in [0.717, 1.165) is 26.1 Å². The fourth-order valence-electron chi connectivity index (χ4n) is 2.18. The third-order valence-corrected chi connectivity index (χ3v) is 3.44. The maximum absolute atomic E-state index is 10.6. The zero-order chi connectivity index (χ0) is 14.6. The molecule has 2 rings (SSSR count). The van der Waals surface area contributed by atoms with E-state index in [1.54, 1.807) is 0 Å². The quantitative estimate of drug-likeness (QED) is 0.824. The van der Waals surface area contributed by atoms with Gasteiger partial charge in [0.1, 0.15) is 0 Å². The van der Waals surface area contributed by atoms with Crippen LogP contribution in [0.3, 0.4) is 0 Å². The molecule has 0 bridgehead atoms. The third-order valence-electron chi connectivity index (χ3n) is 3.44. The minimum Gasteiger partial charge on any atom is -0.481 e. The van der Waals surface area contributed by atoms with E-state index in [9.17, 15) is 4.79 Å². The van der Waals surface area contributed by atoms with Gasteiger partial charge < -0.3 is 19.7 Å². The normalized spacial score (nSPS) is 17.1. The molecule has 1 aromatic rings. The Labute approximate surface area is 117 Å². The Hall–Kier alpha value is -1.63. The third kappa shape index (κ3) is 4.19. The molecule has 1 saturated heterocycles. The van der Waals surface area contributed by atoms with E-state index in [4.69, 9.17) is 14.4 Å². The van der Waals surface area contributed by atoms with E-state index in [1.165, 1.54) is 0 Å². The van der Waals surface area contributed by atoms with Gasteiger partial charge in [0.25, 0.3) is 0 Å². The van der Waals surface area contributed by atoms with Crippen LogP contribution in [0.25, 0.3) is 0 Å². The number of anilines is 1. The standard InChI is InChI=1S/C13H21N3O4/c1-13(2,6-3-10(17)18)15-12-14-11(16-20-12)9-4-7-19-8-5-9/h9H,3-8H2,1-2H3,(H,17,18)(H,14,15,16). The van der Waals surface area contributed by atoms with Crippen molar-refractivity contribution in [3.63, 3.8) is 0 Å². The zero-order valence-corrected chi connectivity index (χ0v) is 11.9. The van der Waals surface area contributed by atoms with Crippen molar-refractivity contribution in [1.82, 2.24) is 10.1 Å². The molecule has 0 radical (unpaired) electrons. The first kappa shape index (κ1) is 14.8. The summed E-state index contributed by atoms with van der Waals surface area (Å²) in [4.78, 5) is 15.0. The maximum Gasteiger partial charge on any atom is 0.321 e. The molecular formula is C13H21N3O4. The lowest BCUT2D eigenvalue weighted by atomic mass is 9.99. The summed E-state index contributed by atoms with van der Waals surface area (Å²) in [5, 5.41) is 15.8. The second-order valence-electron chi connectivity index (χ2n) is 5.75. The Balaban J connectivity index is 1.92. The van der Waals surface area contributed by atoms with E-state index < -0.39 is 11.5 Å². The predicted octanol–water partition coefficient (Wildman–Crippen LogP) is 2.02. The molecule has 0 amide bonds. The molecule has 7 nitrogen and oxygen atoms in total. The van der Waals surface area contributed by atoms with E-state index in [0.29, 0.717) is 18.3 Å². The molecule has 0 atom stereocenters. The van der Waals surface area contributed by atoms with Crippen molar-refractivity contribution >= 4 is 12.0 Å². The molecule has 0 saturated carbocycles. The number of hydrogen-bond acceptors (Lipinski definition) is 6. The van der Waals surface area contributed by atoms with Gasteiger partial charge in [-0.05, 0) is 33.1 Å². The Morgan fingerprint density at radius 3 is 2.80 bits per heavy atom. The van der Waals surface area contributed by atoms with Gasteiger partial charge in [-0.2, -0.15) is 4.98 Å². The molecule has 0 unspecified atom stereocenters. The van der Waals surface area contributed by atoms with E-state index in [2.05, 4.69) is 15.5 Å². The summed E-state index contributed by atoms with van der Waals surface area (Å²) in [6, 6.07) is 0.349. The zero-order valence-electron chi connectivity index (χ0n) is 11.9. The van der Waals surface area contributed by atoms with Crippen LogP contribution >= 0.6 is 0 Å². The highest BCUT2D eigenvalue weighted by atomic mass is 16.5. The van der Waals surface area contributed by atoms with Gasteiger partial charge in [-0.25, -0.2) is 0 Å². The molecule has 112 valence electrons. The fourth-order valence-corrected chi connectivity index (χ4v) is 2.18. The number of nitrogens with zero attached hydrogens (tertiary/aromatic N) is 2. The van der Waals surface area contributed by atoms with Crippen molar-refractivity contribution in [3.8, 4) is 0 Å². The lowest BCUT2D eigenvalue weighted by molar-refractivity contribution is -0.137. The van der Waals surface area contributed by atoms with Gasteiger partial charge in [0, 0.05) is 31.1 Å². The number of rotatable bonds is 6. The number of ether oxygens (including phenoxy) is 1.